The van der Waals surface area contributed by atoms with Gasteiger partial charge in [0.15, 0.2) is 5.82 Å². The number of hydrogen-bond donors (Lipinski definition) is 2. The summed E-state index contributed by atoms with van der Waals surface area (Å²) in [6.07, 6.45) is 6.80. The predicted octanol–water partition coefficient (Wildman–Crippen LogP) is 3.48. The van der Waals surface area contributed by atoms with Gasteiger partial charge in [0, 0.05) is 26.0 Å². The molecule has 9 heteroatoms. The van der Waals surface area contributed by atoms with Crippen LogP contribution in [-0.4, -0.2) is 35.2 Å². The summed E-state index contributed by atoms with van der Waals surface area (Å²) in [7, 11) is 1.90. The van der Waals surface area contributed by atoms with Crippen molar-refractivity contribution in [2.75, 3.05) is 17.2 Å². The van der Waals surface area contributed by atoms with Gasteiger partial charge >= 0.3 is 0 Å². The molecule has 0 aliphatic rings. The summed E-state index contributed by atoms with van der Waals surface area (Å²) in [5.74, 6) is 1.36. The van der Waals surface area contributed by atoms with E-state index in [2.05, 4.69) is 36.6 Å². The minimum Gasteiger partial charge on any atom is -0.368 e. The molecule has 0 spiro atoms. The van der Waals surface area contributed by atoms with Crippen LogP contribution in [0, 0.1) is 6.92 Å². The molecule has 0 aromatic carbocycles. The molecule has 134 valence electrons. The lowest BCUT2D eigenvalue weighted by Crippen LogP contribution is -2.07. The molecule has 0 atom stereocenters. The Bertz CT molecular complexity index is 1040. The highest BCUT2D eigenvalue weighted by atomic mass is 32.1. The molecule has 26 heavy (non-hydrogen) atoms. The molecule has 2 N–H and O–H groups in total. The summed E-state index contributed by atoms with van der Waals surface area (Å²) in [4.78, 5) is 9.38. The minimum absolute atomic E-state index is 0.559. The van der Waals surface area contributed by atoms with Crippen molar-refractivity contribution in [2.45, 2.75) is 20.3 Å². The van der Waals surface area contributed by atoms with E-state index < -0.39 is 0 Å². The van der Waals surface area contributed by atoms with Crippen LogP contribution in [0.5, 0.6) is 0 Å². The molecule has 0 unspecified atom stereocenters. The zero-order chi connectivity index (χ0) is 18.1. The number of fused-ring (bicyclic) bond motifs is 1. The highest BCUT2D eigenvalue weighted by Gasteiger charge is 2.14. The van der Waals surface area contributed by atoms with Gasteiger partial charge < -0.3 is 15.2 Å². The zero-order valence-corrected chi connectivity index (χ0v) is 15.7. The second kappa shape index (κ2) is 6.75. The first-order valence-electron chi connectivity index (χ1n) is 8.46. The first kappa shape index (κ1) is 16.5. The van der Waals surface area contributed by atoms with Gasteiger partial charge in [0.25, 0.3) is 0 Å². The molecule has 0 aliphatic heterocycles. The largest absolute Gasteiger partial charge is 0.368 e. The zero-order valence-electron chi connectivity index (χ0n) is 14.9. The Morgan fingerprint density at radius 3 is 2.85 bits per heavy atom. The smallest absolute Gasteiger partial charge is 0.230 e. The quantitative estimate of drug-likeness (QED) is 0.542. The SMILES string of the molecule is CCCNc1nc(Nc2cc(C)ns2)nc2ccn(-c3cnn(C)c3)c12. The first-order chi connectivity index (χ1) is 12.6. The lowest BCUT2D eigenvalue weighted by Gasteiger charge is -2.11. The second-order valence-electron chi connectivity index (χ2n) is 6.07. The molecule has 0 fully saturated rings. The van der Waals surface area contributed by atoms with Crippen LogP contribution in [0.4, 0.5) is 16.8 Å². The molecule has 0 saturated carbocycles. The van der Waals surface area contributed by atoms with E-state index in [0.29, 0.717) is 5.95 Å². The van der Waals surface area contributed by atoms with Crippen molar-refractivity contribution in [3.8, 4) is 5.69 Å². The molecule has 8 nitrogen and oxygen atoms in total. The fraction of sp³-hybridized carbons (Fsp3) is 0.294. The lowest BCUT2D eigenvalue weighted by molar-refractivity contribution is 0.767. The lowest BCUT2D eigenvalue weighted by atomic mass is 10.4. The summed E-state index contributed by atoms with van der Waals surface area (Å²) < 4.78 is 8.13. The topological polar surface area (TPSA) is 85.5 Å². The van der Waals surface area contributed by atoms with E-state index in [4.69, 9.17) is 4.98 Å². The highest BCUT2D eigenvalue weighted by Crippen LogP contribution is 2.28. The number of aryl methyl sites for hydroxylation is 2. The van der Waals surface area contributed by atoms with Crippen LogP contribution in [0.15, 0.2) is 30.7 Å². The Kier molecular flexibility index (Phi) is 4.29. The Hall–Kier alpha value is -2.94. The third-order valence-electron chi connectivity index (χ3n) is 3.91. The van der Waals surface area contributed by atoms with E-state index in [-0.39, 0.29) is 0 Å². The molecule has 0 saturated heterocycles. The summed E-state index contributed by atoms with van der Waals surface area (Å²) in [5, 5.41) is 11.9. The van der Waals surface area contributed by atoms with Gasteiger partial charge in [0.1, 0.15) is 10.5 Å². The van der Waals surface area contributed by atoms with Crippen LogP contribution in [-0.2, 0) is 7.05 Å². The maximum absolute atomic E-state index is 4.71. The van der Waals surface area contributed by atoms with Gasteiger partial charge in [-0.2, -0.15) is 14.5 Å². The van der Waals surface area contributed by atoms with E-state index in [1.807, 2.05) is 44.7 Å². The van der Waals surface area contributed by atoms with Gasteiger partial charge in [-0.3, -0.25) is 4.68 Å². The Labute approximate surface area is 155 Å². The normalized spacial score (nSPS) is 11.2. The molecule has 0 amide bonds. The number of aromatic nitrogens is 6. The van der Waals surface area contributed by atoms with Gasteiger partial charge in [-0.05, 0) is 37.0 Å². The Morgan fingerprint density at radius 2 is 2.15 bits per heavy atom. The van der Waals surface area contributed by atoms with Crippen LogP contribution in [0.1, 0.15) is 19.0 Å². The standard InChI is InChI=1S/C17H20N8S/c1-4-6-18-16-15-13(5-7-25(15)12-9-19-24(3)10-12)20-17(22-16)21-14-8-11(2)23-26-14/h5,7-10H,4,6H2,1-3H3,(H2,18,20,21,22). The van der Waals surface area contributed by atoms with Crippen LogP contribution < -0.4 is 10.6 Å². The van der Waals surface area contributed by atoms with E-state index >= 15 is 0 Å². The fourth-order valence-electron chi connectivity index (χ4n) is 2.75. The van der Waals surface area contributed by atoms with E-state index in [1.54, 1.807) is 4.68 Å². The fourth-order valence-corrected chi connectivity index (χ4v) is 3.40. The molecule has 4 rings (SSSR count). The number of rotatable bonds is 6. The van der Waals surface area contributed by atoms with Crippen molar-refractivity contribution in [3.63, 3.8) is 0 Å². The van der Waals surface area contributed by atoms with Gasteiger partial charge in [0.2, 0.25) is 5.95 Å². The first-order valence-corrected chi connectivity index (χ1v) is 9.23. The third-order valence-corrected chi connectivity index (χ3v) is 4.70. The second-order valence-corrected chi connectivity index (χ2v) is 6.88. The van der Waals surface area contributed by atoms with Gasteiger partial charge in [-0.1, -0.05) is 6.92 Å². The van der Waals surface area contributed by atoms with Gasteiger partial charge in [0.05, 0.1) is 23.1 Å². The van der Waals surface area contributed by atoms with Crippen molar-refractivity contribution in [3.05, 3.63) is 36.4 Å². The van der Waals surface area contributed by atoms with Crippen LogP contribution in [0.25, 0.3) is 16.7 Å². The van der Waals surface area contributed by atoms with Crippen LogP contribution in [0.3, 0.4) is 0 Å². The predicted molar refractivity (Wildman–Crippen MR) is 105 cm³/mol. The Balaban J connectivity index is 1.79. The highest BCUT2D eigenvalue weighted by molar-refractivity contribution is 7.10. The number of nitrogens with zero attached hydrogens (tertiary/aromatic N) is 6. The van der Waals surface area contributed by atoms with E-state index in [1.165, 1.54) is 11.5 Å². The Morgan fingerprint density at radius 1 is 1.27 bits per heavy atom. The summed E-state index contributed by atoms with van der Waals surface area (Å²) >= 11 is 1.40. The van der Waals surface area contributed by atoms with Crippen LogP contribution >= 0.6 is 11.5 Å². The van der Waals surface area contributed by atoms with E-state index in [0.717, 1.165) is 46.2 Å². The molecular formula is C17H20N8S. The van der Waals surface area contributed by atoms with Crippen molar-refractivity contribution in [1.82, 2.24) is 28.7 Å². The average Bonchev–Trinajstić information content (AvgIpc) is 3.33. The van der Waals surface area contributed by atoms with E-state index in [9.17, 15) is 0 Å². The van der Waals surface area contributed by atoms with Crippen molar-refractivity contribution in [1.29, 1.82) is 0 Å². The molecule has 4 aromatic heterocycles. The summed E-state index contributed by atoms with van der Waals surface area (Å²) in [6, 6.07) is 3.97. The van der Waals surface area contributed by atoms with Crippen LogP contribution in [0.2, 0.25) is 0 Å². The summed E-state index contributed by atoms with van der Waals surface area (Å²) in [5.41, 5.74) is 3.76. The molecule has 0 bridgehead atoms. The minimum atomic E-state index is 0.559. The van der Waals surface area contributed by atoms with Crippen molar-refractivity contribution in [2.24, 2.45) is 7.05 Å². The van der Waals surface area contributed by atoms with Crippen molar-refractivity contribution < 1.29 is 0 Å². The molecule has 0 aliphatic carbocycles. The van der Waals surface area contributed by atoms with Gasteiger partial charge in [-0.25, -0.2) is 4.98 Å². The number of hydrogen-bond acceptors (Lipinski definition) is 7. The maximum atomic E-state index is 4.71. The number of anilines is 3. The molecular weight excluding hydrogens is 348 g/mol. The molecule has 0 radical (unpaired) electrons. The van der Waals surface area contributed by atoms with Crippen molar-refractivity contribution >= 4 is 39.3 Å². The van der Waals surface area contributed by atoms with Gasteiger partial charge in [-0.15, -0.1) is 0 Å². The maximum Gasteiger partial charge on any atom is 0.230 e. The monoisotopic (exact) mass is 368 g/mol. The molecule has 4 aromatic rings. The third kappa shape index (κ3) is 3.13. The number of nitrogens with one attached hydrogen (secondary N) is 2. The molecule has 4 heterocycles. The average molecular weight is 368 g/mol. The summed E-state index contributed by atoms with van der Waals surface area (Å²) in [6.45, 7) is 4.93.